The molecule has 7 heteroatoms. The summed E-state index contributed by atoms with van der Waals surface area (Å²) in [6, 6.07) is 17.2. The number of benzene rings is 2. The molecule has 2 rings (SSSR count). The monoisotopic (exact) mass is 369 g/mol. The van der Waals surface area contributed by atoms with Crippen molar-refractivity contribution in [1.29, 1.82) is 0 Å². The number of carbonyl (C=O) groups is 3. The van der Waals surface area contributed by atoms with Gasteiger partial charge in [-0.1, -0.05) is 61.5 Å². The van der Waals surface area contributed by atoms with Gasteiger partial charge in [-0.3, -0.25) is 19.8 Å². The molecule has 7 nitrogen and oxygen atoms in total. The van der Waals surface area contributed by atoms with E-state index < -0.39 is 29.7 Å². The fourth-order valence-corrected chi connectivity index (χ4v) is 2.79. The van der Waals surface area contributed by atoms with Crippen molar-refractivity contribution in [3.63, 3.8) is 0 Å². The normalized spacial score (nSPS) is 12.7. The average molecular weight is 369 g/mol. The van der Waals surface area contributed by atoms with Gasteiger partial charge in [-0.05, 0) is 29.5 Å². The molecule has 0 aliphatic carbocycles. The summed E-state index contributed by atoms with van der Waals surface area (Å²) in [7, 11) is 0. The van der Waals surface area contributed by atoms with Crippen molar-refractivity contribution in [2.75, 3.05) is 0 Å². The molecule has 5 N–H and O–H groups in total. The van der Waals surface area contributed by atoms with E-state index >= 15 is 0 Å². The zero-order chi connectivity index (χ0) is 19.8. The van der Waals surface area contributed by atoms with Crippen LogP contribution in [0, 0.1) is 5.92 Å². The van der Waals surface area contributed by atoms with Gasteiger partial charge < -0.3 is 10.4 Å². The van der Waals surface area contributed by atoms with Crippen LogP contribution in [0.5, 0.6) is 0 Å². The third-order valence-corrected chi connectivity index (χ3v) is 4.28. The molecule has 27 heavy (non-hydrogen) atoms. The number of amides is 2. The summed E-state index contributed by atoms with van der Waals surface area (Å²) in [5.74, 6) is 1.48. The van der Waals surface area contributed by atoms with Gasteiger partial charge in [0, 0.05) is 6.04 Å². The minimum atomic E-state index is -0.970. The van der Waals surface area contributed by atoms with Gasteiger partial charge >= 0.3 is 17.8 Å². The number of hydrazine groups is 1. The molecular formula is C20H23N3O4. The molecule has 2 aromatic rings. The van der Waals surface area contributed by atoms with E-state index in [9.17, 15) is 14.4 Å². The smallest absolute Gasteiger partial charge is 0.323 e. The Labute approximate surface area is 157 Å². The third-order valence-electron chi connectivity index (χ3n) is 4.28. The Kier molecular flexibility index (Phi) is 7.08. The van der Waals surface area contributed by atoms with Crippen molar-refractivity contribution in [2.45, 2.75) is 25.8 Å². The Morgan fingerprint density at radius 2 is 1.56 bits per heavy atom. The number of nitrogens with one attached hydrogen (secondary N) is 2. The molecule has 0 aliphatic heterocycles. The highest BCUT2D eigenvalue weighted by Crippen LogP contribution is 2.20. The first-order chi connectivity index (χ1) is 12.9. The molecule has 0 radical (unpaired) electrons. The van der Waals surface area contributed by atoms with Crippen LogP contribution in [0.2, 0.25) is 0 Å². The molecule has 0 heterocycles. The lowest BCUT2D eigenvalue weighted by atomic mass is 9.95. The molecule has 2 atom stereocenters. The maximum Gasteiger partial charge on any atom is 0.323 e. The summed E-state index contributed by atoms with van der Waals surface area (Å²) in [6.45, 7) is 1.56. The van der Waals surface area contributed by atoms with Crippen LogP contribution in [-0.2, 0) is 20.8 Å². The number of carboxylic acids is 1. The van der Waals surface area contributed by atoms with E-state index in [-0.39, 0.29) is 6.42 Å². The summed E-state index contributed by atoms with van der Waals surface area (Å²) in [6.07, 6.45) is 0.593. The second-order valence-corrected chi connectivity index (χ2v) is 6.39. The highest BCUT2D eigenvalue weighted by Gasteiger charge is 2.23. The first-order valence-electron chi connectivity index (χ1n) is 8.59. The summed E-state index contributed by atoms with van der Waals surface area (Å²) < 4.78 is 0. The summed E-state index contributed by atoms with van der Waals surface area (Å²) in [5.41, 5.74) is 4.84. The van der Waals surface area contributed by atoms with Gasteiger partial charge in [0.15, 0.2) is 0 Å². The lowest BCUT2D eigenvalue weighted by Crippen LogP contribution is -2.48. The van der Waals surface area contributed by atoms with E-state index in [4.69, 9.17) is 10.9 Å². The van der Waals surface area contributed by atoms with Gasteiger partial charge in [-0.25, -0.2) is 5.84 Å². The highest BCUT2D eigenvalue weighted by atomic mass is 16.4. The van der Waals surface area contributed by atoms with E-state index in [1.54, 1.807) is 12.3 Å². The molecule has 0 bridgehead atoms. The van der Waals surface area contributed by atoms with E-state index in [2.05, 4.69) is 5.32 Å². The Hall–Kier alpha value is -3.19. The lowest BCUT2D eigenvalue weighted by Gasteiger charge is -2.20. The van der Waals surface area contributed by atoms with E-state index in [1.807, 2.05) is 54.6 Å². The van der Waals surface area contributed by atoms with Crippen molar-refractivity contribution < 1.29 is 19.5 Å². The summed E-state index contributed by atoms with van der Waals surface area (Å²) >= 11 is 0. The van der Waals surface area contributed by atoms with Crippen molar-refractivity contribution >= 4 is 17.8 Å². The standard InChI is InChI=1S/C20H23N3O4/c1-13(20(26)27)11-17(22-18(24)19(25)23-21)12-14-7-9-16(10-8-14)15-5-3-2-4-6-15/h2-10,13,17H,11-12,21H2,1H3,(H,22,24)(H,23,25)(H,26,27). The van der Waals surface area contributed by atoms with Crippen LogP contribution in [0.15, 0.2) is 54.6 Å². The Morgan fingerprint density at radius 1 is 0.963 bits per heavy atom. The number of hydrogen-bond acceptors (Lipinski definition) is 4. The predicted molar refractivity (Wildman–Crippen MR) is 101 cm³/mol. The number of carboxylic acid groups (broad SMARTS) is 1. The lowest BCUT2D eigenvalue weighted by molar-refractivity contribution is -0.142. The fraction of sp³-hybridized carbons (Fsp3) is 0.250. The molecule has 2 aromatic carbocycles. The molecule has 0 aromatic heterocycles. The molecule has 2 amide bonds. The first-order valence-corrected chi connectivity index (χ1v) is 8.59. The Bertz CT molecular complexity index is 791. The Balaban J connectivity index is 2.12. The van der Waals surface area contributed by atoms with Gasteiger partial charge in [0.1, 0.15) is 0 Å². The zero-order valence-electron chi connectivity index (χ0n) is 15.0. The minimum Gasteiger partial charge on any atom is -0.481 e. The minimum absolute atomic E-state index is 0.194. The molecule has 0 fully saturated rings. The van der Waals surface area contributed by atoms with Crippen LogP contribution in [0.4, 0.5) is 0 Å². The molecule has 0 spiro atoms. The van der Waals surface area contributed by atoms with Crippen LogP contribution in [-0.4, -0.2) is 28.9 Å². The second-order valence-electron chi connectivity index (χ2n) is 6.39. The first kappa shape index (κ1) is 20.1. The number of carbonyl (C=O) groups excluding carboxylic acids is 2. The van der Waals surface area contributed by atoms with Gasteiger partial charge in [0.05, 0.1) is 5.92 Å². The van der Waals surface area contributed by atoms with Crippen LogP contribution >= 0.6 is 0 Å². The quantitative estimate of drug-likeness (QED) is 0.255. The number of hydrogen-bond donors (Lipinski definition) is 4. The van der Waals surface area contributed by atoms with Gasteiger partial charge in [-0.15, -0.1) is 0 Å². The van der Waals surface area contributed by atoms with E-state index in [0.717, 1.165) is 16.7 Å². The SMILES string of the molecule is CC(CC(Cc1ccc(-c2ccccc2)cc1)NC(=O)C(=O)NN)C(=O)O. The van der Waals surface area contributed by atoms with E-state index in [0.29, 0.717) is 6.42 Å². The van der Waals surface area contributed by atoms with Crippen LogP contribution in [0.25, 0.3) is 11.1 Å². The fourth-order valence-electron chi connectivity index (χ4n) is 2.79. The number of rotatable bonds is 7. The van der Waals surface area contributed by atoms with Crippen LogP contribution in [0.1, 0.15) is 18.9 Å². The topological polar surface area (TPSA) is 122 Å². The van der Waals surface area contributed by atoms with Gasteiger partial charge in [0.25, 0.3) is 0 Å². The van der Waals surface area contributed by atoms with Crippen LogP contribution < -0.4 is 16.6 Å². The second kappa shape index (κ2) is 9.49. The number of nitrogens with two attached hydrogens (primary N) is 1. The summed E-state index contributed by atoms with van der Waals surface area (Å²) in [4.78, 5) is 34.3. The molecule has 0 aliphatic rings. The maximum atomic E-state index is 11.8. The van der Waals surface area contributed by atoms with Crippen molar-refractivity contribution in [3.8, 4) is 11.1 Å². The van der Waals surface area contributed by atoms with Crippen molar-refractivity contribution in [1.82, 2.24) is 10.7 Å². The third kappa shape index (κ3) is 5.93. The molecule has 0 saturated carbocycles. The molecular weight excluding hydrogens is 346 g/mol. The van der Waals surface area contributed by atoms with Crippen molar-refractivity contribution in [2.24, 2.45) is 11.8 Å². The highest BCUT2D eigenvalue weighted by molar-refractivity contribution is 6.34. The zero-order valence-corrected chi connectivity index (χ0v) is 15.0. The average Bonchev–Trinajstić information content (AvgIpc) is 2.68. The Morgan fingerprint density at radius 3 is 2.11 bits per heavy atom. The molecule has 0 saturated heterocycles. The summed E-state index contributed by atoms with van der Waals surface area (Å²) in [5, 5.41) is 11.7. The van der Waals surface area contributed by atoms with Gasteiger partial charge in [0.2, 0.25) is 0 Å². The predicted octanol–water partition coefficient (Wildman–Crippen LogP) is 1.48. The van der Waals surface area contributed by atoms with Gasteiger partial charge in [-0.2, -0.15) is 0 Å². The molecule has 2 unspecified atom stereocenters. The number of aliphatic carboxylic acids is 1. The maximum absolute atomic E-state index is 11.8. The molecule has 142 valence electrons. The van der Waals surface area contributed by atoms with Crippen LogP contribution in [0.3, 0.4) is 0 Å². The van der Waals surface area contributed by atoms with E-state index in [1.165, 1.54) is 0 Å². The largest absolute Gasteiger partial charge is 0.481 e. The van der Waals surface area contributed by atoms with Crippen molar-refractivity contribution in [3.05, 3.63) is 60.2 Å².